The van der Waals surface area contributed by atoms with Crippen LogP contribution in [0.3, 0.4) is 0 Å². The van der Waals surface area contributed by atoms with Gasteiger partial charge >= 0.3 is 18.8 Å². The number of pyridine rings is 1. The third-order valence-corrected chi connectivity index (χ3v) is 4.63. The number of hydrogen-bond acceptors (Lipinski definition) is 6. The van der Waals surface area contributed by atoms with Gasteiger partial charge in [-0.2, -0.15) is 27.2 Å². The third-order valence-electron chi connectivity index (χ3n) is 4.29. The number of fused-ring (bicyclic) bond motifs is 1. The van der Waals surface area contributed by atoms with Gasteiger partial charge in [-0.3, -0.25) is 19.6 Å². The van der Waals surface area contributed by atoms with Crippen molar-refractivity contribution in [2.24, 2.45) is 4.99 Å². The first kappa shape index (κ1) is 22.7. The number of amides is 2. The van der Waals surface area contributed by atoms with Crippen LogP contribution in [0.5, 0.6) is 5.75 Å². The van der Waals surface area contributed by atoms with Crippen molar-refractivity contribution < 1.29 is 36.2 Å². The summed E-state index contributed by atoms with van der Waals surface area (Å²) in [7, 11) is 0. The first-order valence-corrected chi connectivity index (χ1v) is 8.99. The minimum atomic E-state index is -4.83. The zero-order valence-corrected chi connectivity index (χ0v) is 16.3. The van der Waals surface area contributed by atoms with Crippen LogP contribution >= 0.6 is 11.6 Å². The monoisotopic (exact) mass is 465 g/mol. The van der Waals surface area contributed by atoms with Gasteiger partial charge in [0.05, 0.1) is 24.1 Å². The fourth-order valence-corrected chi connectivity index (χ4v) is 3.10. The van der Waals surface area contributed by atoms with Gasteiger partial charge in [0.2, 0.25) is 6.10 Å². The summed E-state index contributed by atoms with van der Waals surface area (Å²) in [5.41, 5.74) is -0.303. The molecule has 166 valence electrons. The van der Waals surface area contributed by atoms with Crippen LogP contribution in [0.2, 0.25) is 0 Å². The highest BCUT2D eigenvalue weighted by atomic mass is 35.5. The third kappa shape index (κ3) is 4.86. The minimum absolute atomic E-state index is 0.0451. The van der Waals surface area contributed by atoms with Gasteiger partial charge in [0.25, 0.3) is 0 Å². The highest BCUT2D eigenvalue weighted by Gasteiger charge is 2.48. The number of aryl methyl sites for hydroxylation is 1. The van der Waals surface area contributed by atoms with Crippen molar-refractivity contribution in [1.82, 2.24) is 10.3 Å². The van der Waals surface area contributed by atoms with Crippen LogP contribution in [-0.2, 0) is 4.74 Å². The van der Waals surface area contributed by atoms with Gasteiger partial charge in [-0.25, -0.2) is 4.79 Å². The number of carbonyl (C=O) groups is 1. The van der Waals surface area contributed by atoms with Crippen molar-refractivity contribution in [2.75, 3.05) is 11.4 Å². The van der Waals surface area contributed by atoms with Gasteiger partial charge in [0.15, 0.2) is 12.0 Å². The van der Waals surface area contributed by atoms with Crippen LogP contribution in [0, 0.1) is 18.3 Å². The van der Waals surface area contributed by atoms with E-state index in [1.165, 1.54) is 6.92 Å². The Morgan fingerprint density at radius 1 is 1.48 bits per heavy atom. The average Bonchev–Trinajstić information content (AvgIpc) is 2.68. The van der Waals surface area contributed by atoms with E-state index in [1.807, 2.05) is 0 Å². The molecule has 1 aromatic heterocycles. The molecule has 0 radical (unpaired) electrons. The normalized spacial score (nSPS) is 23.0. The molecule has 1 aromatic rings. The molecule has 3 heterocycles. The number of carbonyl (C=O) groups excluding carboxylic acids is 1. The number of anilines is 1. The number of alkyl halides is 6. The number of aromatic nitrogens is 1. The van der Waals surface area contributed by atoms with Crippen LogP contribution in [0.15, 0.2) is 23.0 Å². The van der Waals surface area contributed by atoms with E-state index in [1.54, 1.807) is 6.07 Å². The molecule has 2 aliphatic rings. The maximum Gasteiger partial charge on any atom is 0.427 e. The van der Waals surface area contributed by atoms with Crippen molar-refractivity contribution in [1.29, 1.82) is 5.26 Å². The molecule has 31 heavy (non-hydrogen) atoms. The number of aliphatic imine (C=N–C) groups is 1. The minimum Gasteiger partial charge on any atom is -0.475 e. The van der Waals surface area contributed by atoms with Crippen molar-refractivity contribution in [3.63, 3.8) is 0 Å². The van der Waals surface area contributed by atoms with E-state index in [0.29, 0.717) is 4.90 Å². The zero-order chi connectivity index (χ0) is 22.9. The Morgan fingerprint density at radius 3 is 2.77 bits per heavy atom. The van der Waals surface area contributed by atoms with Crippen LogP contribution in [0.1, 0.15) is 11.3 Å². The van der Waals surface area contributed by atoms with Crippen molar-refractivity contribution in [3.8, 4) is 11.8 Å². The standard InChI is InChI=1S/C17H13ClF5N5O3/c1-7-9(3-24)13-11(5-25-7)28(6-12(30-13)17(21,22)23)16(29)27-8-2-10(18)14(26-4-8)31-15(19)20/h2,4-5,10,12,14-15H,6H2,1H3,(H,27,29)/t10-,12?,14?/m1/s1. The summed E-state index contributed by atoms with van der Waals surface area (Å²) in [6.45, 7) is -2.63. The number of nitriles is 1. The molecule has 8 nitrogen and oxygen atoms in total. The molecular weight excluding hydrogens is 453 g/mol. The SMILES string of the molecule is Cc1ncc2c(c1C#N)OC(C(F)(F)F)CN2C(=O)NC1=C[C@@H](Cl)C(OC(F)F)N=C1. The molecule has 2 aliphatic heterocycles. The number of nitrogens with one attached hydrogen (secondary N) is 1. The molecule has 3 rings (SSSR count). The molecule has 14 heteroatoms. The van der Waals surface area contributed by atoms with Crippen molar-refractivity contribution >= 4 is 29.5 Å². The quantitative estimate of drug-likeness (QED) is 0.545. The second kappa shape index (κ2) is 8.64. The second-order valence-corrected chi connectivity index (χ2v) is 6.87. The number of rotatable bonds is 3. The molecule has 3 atom stereocenters. The number of nitrogens with zero attached hydrogens (tertiary/aromatic N) is 4. The Hall–Kier alpha value is -2.98. The molecule has 2 unspecified atom stereocenters. The Labute approximate surface area is 176 Å². The predicted molar refractivity (Wildman–Crippen MR) is 97.1 cm³/mol. The summed E-state index contributed by atoms with van der Waals surface area (Å²) < 4.78 is 73.9. The van der Waals surface area contributed by atoms with Crippen LogP contribution in [0.4, 0.5) is 32.4 Å². The molecule has 2 amide bonds. The highest BCUT2D eigenvalue weighted by Crippen LogP contribution is 2.40. The Bertz CT molecular complexity index is 978. The summed E-state index contributed by atoms with van der Waals surface area (Å²) in [6, 6.07) is 0.699. The van der Waals surface area contributed by atoms with Crippen molar-refractivity contribution in [2.45, 2.75) is 37.4 Å². The molecule has 0 aromatic carbocycles. The molecule has 1 N–H and O–H groups in total. The lowest BCUT2D eigenvalue weighted by atomic mass is 10.1. The van der Waals surface area contributed by atoms with Gasteiger partial charge in [-0.15, -0.1) is 11.6 Å². The van der Waals surface area contributed by atoms with Gasteiger partial charge in [0.1, 0.15) is 22.7 Å². The van der Waals surface area contributed by atoms with E-state index in [9.17, 15) is 32.0 Å². The van der Waals surface area contributed by atoms with Gasteiger partial charge < -0.3 is 10.1 Å². The van der Waals surface area contributed by atoms with Crippen molar-refractivity contribution in [3.05, 3.63) is 29.2 Å². The fraction of sp³-hybridized carbons (Fsp3) is 0.412. The number of urea groups is 1. The highest BCUT2D eigenvalue weighted by molar-refractivity contribution is 6.22. The average molecular weight is 466 g/mol. The van der Waals surface area contributed by atoms with E-state index < -0.39 is 48.8 Å². The number of halogens is 6. The van der Waals surface area contributed by atoms with E-state index in [0.717, 1.165) is 18.5 Å². The van der Waals surface area contributed by atoms with E-state index in [2.05, 4.69) is 20.0 Å². The summed E-state index contributed by atoms with van der Waals surface area (Å²) in [5.74, 6) is -0.425. The Morgan fingerprint density at radius 2 is 2.19 bits per heavy atom. The van der Waals surface area contributed by atoms with Gasteiger partial charge in [-0.05, 0) is 13.0 Å². The maximum absolute atomic E-state index is 13.4. The molecule has 0 fully saturated rings. The van der Waals surface area contributed by atoms with Crippen LogP contribution in [0.25, 0.3) is 0 Å². The second-order valence-electron chi connectivity index (χ2n) is 6.37. The summed E-state index contributed by atoms with van der Waals surface area (Å²) in [4.78, 5) is 21.0. The van der Waals surface area contributed by atoms with E-state index in [4.69, 9.17) is 16.3 Å². The molecule has 0 bridgehead atoms. The van der Waals surface area contributed by atoms with Gasteiger partial charge in [0, 0.05) is 6.21 Å². The Balaban J connectivity index is 1.88. The summed E-state index contributed by atoms with van der Waals surface area (Å²) >= 11 is 5.88. The lowest BCUT2D eigenvalue weighted by Gasteiger charge is -2.36. The largest absolute Gasteiger partial charge is 0.475 e. The maximum atomic E-state index is 13.4. The smallest absolute Gasteiger partial charge is 0.427 e. The number of dihydropyridines is 1. The first-order valence-electron chi connectivity index (χ1n) is 8.55. The molecule has 0 spiro atoms. The van der Waals surface area contributed by atoms with Crippen LogP contribution in [-0.4, -0.2) is 54.3 Å². The topological polar surface area (TPSA) is 99.8 Å². The Kier molecular flexibility index (Phi) is 6.33. The lowest BCUT2D eigenvalue weighted by Crippen LogP contribution is -2.53. The van der Waals surface area contributed by atoms with E-state index >= 15 is 0 Å². The molecule has 0 saturated carbocycles. The fourth-order valence-electron chi connectivity index (χ4n) is 2.84. The number of hydrogen-bond donors (Lipinski definition) is 1. The summed E-state index contributed by atoms with van der Waals surface area (Å²) in [5, 5.41) is 10.4. The zero-order valence-electron chi connectivity index (χ0n) is 15.5. The predicted octanol–water partition coefficient (Wildman–Crippen LogP) is 3.24. The molecule has 0 saturated heterocycles. The van der Waals surface area contributed by atoms with Crippen LogP contribution < -0.4 is 15.0 Å². The first-order chi connectivity index (χ1) is 14.5. The summed E-state index contributed by atoms with van der Waals surface area (Å²) in [6.07, 6.45) is -5.37. The number of allylic oxidation sites excluding steroid dienone is 1. The van der Waals surface area contributed by atoms with Gasteiger partial charge in [-0.1, -0.05) is 0 Å². The van der Waals surface area contributed by atoms with E-state index in [-0.39, 0.29) is 22.6 Å². The lowest BCUT2D eigenvalue weighted by molar-refractivity contribution is -0.193. The molecular formula is C17H13ClF5N5O3. The molecule has 0 aliphatic carbocycles. The number of ether oxygens (including phenoxy) is 2.